The zero-order valence-electron chi connectivity index (χ0n) is 13.9. The molecule has 0 aliphatic carbocycles. The molecule has 0 unspecified atom stereocenters. The molecule has 26 heavy (non-hydrogen) atoms. The van der Waals surface area contributed by atoms with E-state index in [1.54, 1.807) is 29.3 Å². The quantitative estimate of drug-likeness (QED) is 0.595. The third-order valence-corrected chi connectivity index (χ3v) is 3.78. The fourth-order valence-electron chi connectivity index (χ4n) is 2.47. The molecule has 0 saturated carbocycles. The van der Waals surface area contributed by atoms with E-state index < -0.39 is 5.91 Å². The van der Waals surface area contributed by atoms with Crippen LogP contribution in [0.1, 0.15) is 22.1 Å². The highest BCUT2D eigenvalue weighted by Crippen LogP contribution is 2.21. The zero-order chi connectivity index (χ0) is 17.9. The molecular formula is C18H15N5O3. The average Bonchev–Trinajstić information content (AvgIpc) is 3.41. The Balaban J connectivity index is 1.52. The van der Waals surface area contributed by atoms with Crippen molar-refractivity contribution in [3.63, 3.8) is 0 Å². The van der Waals surface area contributed by atoms with Gasteiger partial charge in [0, 0.05) is 6.20 Å². The highest BCUT2D eigenvalue weighted by Gasteiger charge is 2.19. The molecule has 0 spiro atoms. The Morgan fingerprint density at radius 1 is 1.19 bits per heavy atom. The summed E-state index contributed by atoms with van der Waals surface area (Å²) < 4.78 is 12.0. The normalized spacial score (nSPS) is 10.8. The smallest absolute Gasteiger partial charge is 0.316 e. The number of benzene rings is 1. The molecule has 0 fully saturated rings. The van der Waals surface area contributed by atoms with Gasteiger partial charge in [0.2, 0.25) is 5.82 Å². The van der Waals surface area contributed by atoms with Gasteiger partial charge in [0.1, 0.15) is 5.76 Å². The van der Waals surface area contributed by atoms with E-state index in [1.165, 1.54) is 0 Å². The van der Waals surface area contributed by atoms with E-state index in [0.717, 1.165) is 11.4 Å². The molecular weight excluding hydrogens is 334 g/mol. The molecule has 8 heteroatoms. The number of hydrogen-bond acceptors (Lipinski definition) is 6. The van der Waals surface area contributed by atoms with Gasteiger partial charge in [-0.2, -0.15) is 10.1 Å². The van der Waals surface area contributed by atoms with Crippen LogP contribution in [0.25, 0.3) is 17.1 Å². The van der Waals surface area contributed by atoms with Gasteiger partial charge in [0.15, 0.2) is 0 Å². The highest BCUT2D eigenvalue weighted by molar-refractivity contribution is 5.89. The Hall–Kier alpha value is -3.68. The number of nitrogens with zero attached hydrogens (tertiary/aromatic N) is 4. The summed E-state index contributed by atoms with van der Waals surface area (Å²) in [6.07, 6.45) is 3.35. The first-order valence-electron chi connectivity index (χ1n) is 7.97. The molecule has 3 aromatic heterocycles. The monoisotopic (exact) mass is 349 g/mol. The standard InChI is InChI=1S/C18H15N5O3/c1-12-15(11-23(21-12)13-6-3-2-4-7-13)16-20-18(26-22-16)17(24)19-10-14-8-5-9-25-14/h2-9,11H,10H2,1H3,(H,19,24). The fraction of sp³-hybridized carbons (Fsp3) is 0.111. The number of aromatic nitrogens is 4. The average molecular weight is 349 g/mol. The Labute approximate surface area is 148 Å². The molecule has 130 valence electrons. The maximum absolute atomic E-state index is 12.1. The Kier molecular flexibility index (Phi) is 4.06. The van der Waals surface area contributed by atoms with Crippen molar-refractivity contribution < 1.29 is 13.7 Å². The summed E-state index contributed by atoms with van der Waals surface area (Å²) >= 11 is 0. The van der Waals surface area contributed by atoms with Gasteiger partial charge in [-0.15, -0.1) is 0 Å². The molecule has 1 aromatic carbocycles. The Morgan fingerprint density at radius 3 is 2.81 bits per heavy atom. The zero-order valence-corrected chi connectivity index (χ0v) is 13.9. The van der Waals surface area contributed by atoms with Gasteiger partial charge in [-0.3, -0.25) is 4.79 Å². The van der Waals surface area contributed by atoms with Gasteiger partial charge in [0.05, 0.1) is 29.8 Å². The molecule has 0 bridgehead atoms. The van der Waals surface area contributed by atoms with Gasteiger partial charge in [0.25, 0.3) is 0 Å². The molecule has 4 rings (SSSR count). The number of aryl methyl sites for hydroxylation is 1. The maximum Gasteiger partial charge on any atom is 0.316 e. The number of carbonyl (C=O) groups is 1. The molecule has 0 saturated heterocycles. The molecule has 1 amide bonds. The van der Waals surface area contributed by atoms with Crippen LogP contribution in [0, 0.1) is 6.92 Å². The van der Waals surface area contributed by atoms with Crippen molar-refractivity contribution >= 4 is 5.91 Å². The number of nitrogens with one attached hydrogen (secondary N) is 1. The van der Waals surface area contributed by atoms with Crippen molar-refractivity contribution in [2.75, 3.05) is 0 Å². The number of para-hydroxylation sites is 1. The van der Waals surface area contributed by atoms with Crippen molar-refractivity contribution in [3.05, 3.63) is 72.3 Å². The summed E-state index contributed by atoms with van der Waals surface area (Å²) in [5.41, 5.74) is 2.35. The second-order valence-electron chi connectivity index (χ2n) is 5.59. The number of amides is 1. The first-order valence-corrected chi connectivity index (χ1v) is 7.97. The Morgan fingerprint density at radius 2 is 2.04 bits per heavy atom. The fourth-order valence-corrected chi connectivity index (χ4v) is 2.47. The SMILES string of the molecule is Cc1nn(-c2ccccc2)cc1-c1noc(C(=O)NCc2ccco2)n1. The molecule has 3 heterocycles. The molecule has 0 aliphatic rings. The number of furan rings is 1. The minimum absolute atomic E-state index is 0.113. The first-order chi connectivity index (χ1) is 12.7. The van der Waals surface area contributed by atoms with Gasteiger partial charge >= 0.3 is 11.8 Å². The summed E-state index contributed by atoms with van der Waals surface area (Å²) in [6.45, 7) is 2.09. The van der Waals surface area contributed by atoms with Gasteiger partial charge in [-0.1, -0.05) is 23.4 Å². The third-order valence-electron chi connectivity index (χ3n) is 3.78. The van der Waals surface area contributed by atoms with Crippen LogP contribution in [0.2, 0.25) is 0 Å². The summed E-state index contributed by atoms with van der Waals surface area (Å²) in [7, 11) is 0. The highest BCUT2D eigenvalue weighted by atomic mass is 16.5. The topological polar surface area (TPSA) is 99.0 Å². The lowest BCUT2D eigenvalue weighted by Crippen LogP contribution is -2.22. The van der Waals surface area contributed by atoms with Crippen LogP contribution in [-0.2, 0) is 6.54 Å². The number of carbonyl (C=O) groups excluding carboxylic acids is 1. The van der Waals surface area contributed by atoms with Crippen molar-refractivity contribution in [1.29, 1.82) is 0 Å². The molecule has 0 aliphatic heterocycles. The van der Waals surface area contributed by atoms with Crippen LogP contribution in [-0.4, -0.2) is 25.8 Å². The lowest BCUT2D eigenvalue weighted by atomic mass is 10.2. The predicted molar refractivity (Wildman–Crippen MR) is 91.5 cm³/mol. The van der Waals surface area contributed by atoms with Gasteiger partial charge < -0.3 is 14.3 Å². The van der Waals surface area contributed by atoms with E-state index in [4.69, 9.17) is 8.94 Å². The minimum Gasteiger partial charge on any atom is -0.467 e. The molecule has 0 atom stereocenters. The van der Waals surface area contributed by atoms with Crippen LogP contribution in [0.4, 0.5) is 0 Å². The molecule has 0 radical (unpaired) electrons. The third kappa shape index (κ3) is 3.12. The van der Waals surface area contributed by atoms with Crippen LogP contribution >= 0.6 is 0 Å². The van der Waals surface area contributed by atoms with E-state index in [1.807, 2.05) is 37.3 Å². The molecule has 4 aromatic rings. The summed E-state index contributed by atoms with van der Waals surface area (Å²) in [6, 6.07) is 13.2. The van der Waals surface area contributed by atoms with Gasteiger partial charge in [-0.05, 0) is 31.2 Å². The molecule has 8 nitrogen and oxygen atoms in total. The van der Waals surface area contributed by atoms with E-state index >= 15 is 0 Å². The van der Waals surface area contributed by atoms with E-state index in [0.29, 0.717) is 17.1 Å². The number of hydrogen-bond donors (Lipinski definition) is 1. The van der Waals surface area contributed by atoms with E-state index in [2.05, 4.69) is 20.6 Å². The molecule has 1 N–H and O–H groups in total. The lowest BCUT2D eigenvalue weighted by molar-refractivity contribution is 0.0904. The van der Waals surface area contributed by atoms with Crippen molar-refractivity contribution in [2.24, 2.45) is 0 Å². The maximum atomic E-state index is 12.1. The van der Waals surface area contributed by atoms with Crippen molar-refractivity contribution in [3.8, 4) is 17.1 Å². The van der Waals surface area contributed by atoms with E-state index in [-0.39, 0.29) is 12.4 Å². The van der Waals surface area contributed by atoms with Crippen LogP contribution < -0.4 is 5.32 Å². The van der Waals surface area contributed by atoms with Crippen LogP contribution in [0.3, 0.4) is 0 Å². The number of rotatable bonds is 5. The van der Waals surface area contributed by atoms with Crippen molar-refractivity contribution in [1.82, 2.24) is 25.2 Å². The van der Waals surface area contributed by atoms with Crippen molar-refractivity contribution in [2.45, 2.75) is 13.5 Å². The van der Waals surface area contributed by atoms with E-state index in [9.17, 15) is 4.79 Å². The second kappa shape index (κ2) is 6.67. The first kappa shape index (κ1) is 15.8. The second-order valence-corrected chi connectivity index (χ2v) is 5.59. The summed E-state index contributed by atoms with van der Waals surface area (Å²) in [5.74, 6) is 0.373. The lowest BCUT2D eigenvalue weighted by Gasteiger charge is -1.98. The van der Waals surface area contributed by atoms with Crippen LogP contribution in [0.5, 0.6) is 0 Å². The minimum atomic E-state index is -0.465. The predicted octanol–water partition coefficient (Wildman–Crippen LogP) is 2.75. The summed E-state index contributed by atoms with van der Waals surface area (Å²) in [4.78, 5) is 16.3. The largest absolute Gasteiger partial charge is 0.467 e. The van der Waals surface area contributed by atoms with Gasteiger partial charge in [-0.25, -0.2) is 4.68 Å². The Bertz CT molecular complexity index is 1020. The summed E-state index contributed by atoms with van der Waals surface area (Å²) in [5, 5.41) is 11.0. The van der Waals surface area contributed by atoms with Crippen LogP contribution in [0.15, 0.2) is 63.9 Å².